The van der Waals surface area contributed by atoms with Crippen LogP contribution in [0.2, 0.25) is 0 Å². The summed E-state index contributed by atoms with van der Waals surface area (Å²) in [4.78, 5) is 16.1. The van der Waals surface area contributed by atoms with Crippen molar-refractivity contribution in [1.82, 2.24) is 15.1 Å². The Morgan fingerprint density at radius 1 is 1.60 bits per heavy atom. The highest BCUT2D eigenvalue weighted by atomic mass is 16.2. The number of nitrogens with one attached hydrogen (secondary N) is 1. The molecular weight excluding hydrogens is 190 g/mol. The molecule has 0 bridgehead atoms. The Morgan fingerprint density at radius 2 is 2.33 bits per heavy atom. The van der Waals surface area contributed by atoms with Gasteiger partial charge in [0.15, 0.2) is 0 Å². The van der Waals surface area contributed by atoms with E-state index in [1.54, 1.807) is 6.08 Å². The fourth-order valence-electron chi connectivity index (χ4n) is 1.95. The summed E-state index contributed by atoms with van der Waals surface area (Å²) in [6.45, 7) is 6.88. The molecular formula is C11H21N3O. The van der Waals surface area contributed by atoms with E-state index in [9.17, 15) is 4.79 Å². The largest absolute Gasteiger partial charge is 0.338 e. The summed E-state index contributed by atoms with van der Waals surface area (Å²) in [6, 6.07) is -0.0301. The molecule has 0 aliphatic carbocycles. The zero-order valence-electron chi connectivity index (χ0n) is 9.70. The first-order valence-corrected chi connectivity index (χ1v) is 5.45. The molecule has 4 heteroatoms. The van der Waals surface area contributed by atoms with Crippen LogP contribution >= 0.6 is 0 Å². The summed E-state index contributed by atoms with van der Waals surface area (Å²) in [6.07, 6.45) is 2.83. The monoisotopic (exact) mass is 211 g/mol. The Kier molecular flexibility index (Phi) is 4.78. The van der Waals surface area contributed by atoms with Crippen LogP contribution in [0, 0.1) is 0 Å². The lowest BCUT2D eigenvalue weighted by Crippen LogP contribution is -2.49. The molecule has 1 N–H and O–H groups in total. The SMILES string of the molecule is C=CCN1CCCN(C)C(CNC)C1=O. The molecule has 1 atom stereocenters. The van der Waals surface area contributed by atoms with E-state index in [1.807, 2.05) is 19.0 Å². The molecule has 0 aromatic carbocycles. The number of carbonyl (C=O) groups excluding carboxylic acids is 1. The Morgan fingerprint density at radius 3 is 2.93 bits per heavy atom. The molecule has 1 aliphatic rings. The van der Waals surface area contributed by atoms with Crippen molar-refractivity contribution in [3.63, 3.8) is 0 Å². The van der Waals surface area contributed by atoms with Crippen LogP contribution in [0.5, 0.6) is 0 Å². The number of rotatable bonds is 4. The van der Waals surface area contributed by atoms with E-state index in [4.69, 9.17) is 0 Å². The highest BCUT2D eigenvalue weighted by molar-refractivity contribution is 5.82. The lowest BCUT2D eigenvalue weighted by molar-refractivity contribution is -0.134. The van der Waals surface area contributed by atoms with Crippen LogP contribution in [0.4, 0.5) is 0 Å². The van der Waals surface area contributed by atoms with E-state index in [1.165, 1.54) is 0 Å². The minimum Gasteiger partial charge on any atom is -0.338 e. The van der Waals surface area contributed by atoms with Gasteiger partial charge in [0.2, 0.25) is 5.91 Å². The average Bonchev–Trinajstić information content (AvgIpc) is 2.34. The highest BCUT2D eigenvalue weighted by Gasteiger charge is 2.29. The second-order valence-electron chi connectivity index (χ2n) is 3.98. The van der Waals surface area contributed by atoms with Crippen LogP contribution in [0.1, 0.15) is 6.42 Å². The molecule has 0 radical (unpaired) electrons. The summed E-state index contributed by atoms with van der Waals surface area (Å²) in [5, 5.41) is 3.07. The first-order valence-electron chi connectivity index (χ1n) is 5.45. The van der Waals surface area contributed by atoms with Crippen molar-refractivity contribution in [2.45, 2.75) is 12.5 Å². The van der Waals surface area contributed by atoms with Gasteiger partial charge in [0.25, 0.3) is 0 Å². The van der Waals surface area contributed by atoms with Gasteiger partial charge < -0.3 is 10.2 Å². The van der Waals surface area contributed by atoms with Gasteiger partial charge in [0.1, 0.15) is 6.04 Å². The van der Waals surface area contributed by atoms with Crippen LogP contribution in [-0.2, 0) is 4.79 Å². The first kappa shape index (κ1) is 12.2. The van der Waals surface area contributed by atoms with Gasteiger partial charge in [-0.1, -0.05) is 6.08 Å². The van der Waals surface area contributed by atoms with Crippen molar-refractivity contribution in [2.75, 3.05) is 40.3 Å². The number of amides is 1. The molecule has 1 fully saturated rings. The second kappa shape index (κ2) is 5.88. The predicted molar refractivity (Wildman–Crippen MR) is 61.7 cm³/mol. The summed E-state index contributed by atoms with van der Waals surface area (Å²) in [5.74, 6) is 0.212. The van der Waals surface area contributed by atoms with E-state index >= 15 is 0 Å². The standard InChI is InChI=1S/C11H21N3O/c1-4-6-14-8-5-7-13(3)10(9-12-2)11(14)15/h4,10,12H,1,5-9H2,2-3H3. The molecule has 0 aromatic rings. The maximum atomic E-state index is 12.1. The van der Waals surface area contributed by atoms with E-state index in [0.29, 0.717) is 13.1 Å². The van der Waals surface area contributed by atoms with Crippen molar-refractivity contribution in [3.05, 3.63) is 12.7 Å². The van der Waals surface area contributed by atoms with Gasteiger partial charge in [-0.3, -0.25) is 9.69 Å². The van der Waals surface area contributed by atoms with Gasteiger partial charge >= 0.3 is 0 Å². The zero-order chi connectivity index (χ0) is 11.3. The number of hydrogen-bond acceptors (Lipinski definition) is 3. The Hall–Kier alpha value is -0.870. The van der Waals surface area contributed by atoms with E-state index in [0.717, 1.165) is 19.5 Å². The molecule has 1 amide bonds. The third-order valence-electron chi connectivity index (χ3n) is 2.81. The first-order chi connectivity index (χ1) is 7.20. The maximum Gasteiger partial charge on any atom is 0.241 e. The average molecular weight is 211 g/mol. The molecule has 1 saturated heterocycles. The topological polar surface area (TPSA) is 35.6 Å². The smallest absolute Gasteiger partial charge is 0.241 e. The van der Waals surface area contributed by atoms with Crippen molar-refractivity contribution in [3.8, 4) is 0 Å². The van der Waals surface area contributed by atoms with Crippen LogP contribution in [0.25, 0.3) is 0 Å². The fourth-order valence-corrected chi connectivity index (χ4v) is 1.95. The molecule has 1 rings (SSSR count). The van der Waals surface area contributed by atoms with Crippen LogP contribution in [-0.4, -0.2) is 62.0 Å². The lowest BCUT2D eigenvalue weighted by Gasteiger charge is -2.27. The number of carbonyl (C=O) groups is 1. The molecule has 0 saturated carbocycles. The molecule has 0 aromatic heterocycles. The van der Waals surface area contributed by atoms with Gasteiger partial charge in [-0.05, 0) is 20.5 Å². The van der Waals surface area contributed by atoms with Gasteiger partial charge in [0, 0.05) is 26.2 Å². The normalized spacial score (nSPS) is 24.0. The molecule has 86 valence electrons. The van der Waals surface area contributed by atoms with Crippen molar-refractivity contribution >= 4 is 5.91 Å². The summed E-state index contributed by atoms with van der Waals surface area (Å²) in [5.41, 5.74) is 0. The predicted octanol–water partition coefficient (Wildman–Crippen LogP) is -0.0755. The Bertz CT molecular complexity index is 230. The molecule has 15 heavy (non-hydrogen) atoms. The number of nitrogens with zero attached hydrogens (tertiary/aromatic N) is 2. The van der Waals surface area contributed by atoms with Gasteiger partial charge in [-0.25, -0.2) is 0 Å². The van der Waals surface area contributed by atoms with E-state index < -0.39 is 0 Å². The fraction of sp³-hybridized carbons (Fsp3) is 0.727. The molecule has 1 unspecified atom stereocenters. The summed E-state index contributed by atoms with van der Waals surface area (Å²) >= 11 is 0. The minimum atomic E-state index is -0.0301. The van der Waals surface area contributed by atoms with Gasteiger partial charge in [-0.15, -0.1) is 6.58 Å². The third kappa shape index (κ3) is 3.04. The van der Waals surface area contributed by atoms with Crippen molar-refractivity contribution in [1.29, 1.82) is 0 Å². The van der Waals surface area contributed by atoms with Gasteiger partial charge in [0.05, 0.1) is 0 Å². The van der Waals surface area contributed by atoms with Crippen LogP contribution in [0.15, 0.2) is 12.7 Å². The minimum absolute atomic E-state index is 0.0301. The quantitative estimate of drug-likeness (QED) is 0.661. The second-order valence-corrected chi connectivity index (χ2v) is 3.98. The van der Waals surface area contributed by atoms with E-state index in [-0.39, 0.29) is 11.9 Å². The maximum absolute atomic E-state index is 12.1. The molecule has 1 aliphatic heterocycles. The molecule has 4 nitrogen and oxygen atoms in total. The van der Waals surface area contributed by atoms with Gasteiger partial charge in [-0.2, -0.15) is 0 Å². The van der Waals surface area contributed by atoms with E-state index in [2.05, 4.69) is 16.8 Å². The Labute approximate surface area is 91.9 Å². The third-order valence-corrected chi connectivity index (χ3v) is 2.81. The van der Waals surface area contributed by atoms with Crippen molar-refractivity contribution in [2.24, 2.45) is 0 Å². The summed E-state index contributed by atoms with van der Waals surface area (Å²) < 4.78 is 0. The molecule has 0 spiro atoms. The summed E-state index contributed by atoms with van der Waals surface area (Å²) in [7, 11) is 3.89. The number of hydrogen-bond donors (Lipinski definition) is 1. The molecule has 1 heterocycles. The zero-order valence-corrected chi connectivity index (χ0v) is 9.70. The Balaban J connectivity index is 2.71. The number of likely N-dealkylation sites (N-methyl/N-ethyl adjacent to an activating group) is 2. The highest BCUT2D eigenvalue weighted by Crippen LogP contribution is 2.09. The lowest BCUT2D eigenvalue weighted by atomic mass is 10.2. The van der Waals surface area contributed by atoms with Crippen LogP contribution < -0.4 is 5.32 Å². The van der Waals surface area contributed by atoms with Crippen LogP contribution in [0.3, 0.4) is 0 Å². The van der Waals surface area contributed by atoms with Crippen molar-refractivity contribution < 1.29 is 4.79 Å².